The summed E-state index contributed by atoms with van der Waals surface area (Å²) < 4.78 is 87.0. The highest BCUT2D eigenvalue weighted by molar-refractivity contribution is 5.73. The van der Waals surface area contributed by atoms with Crippen molar-refractivity contribution < 1.29 is 132 Å². The van der Waals surface area contributed by atoms with E-state index in [1.165, 1.54) is 31.6 Å². The molecule has 0 aromatic carbocycles. The van der Waals surface area contributed by atoms with E-state index in [0.717, 1.165) is 4.90 Å². The molecule has 1 aromatic heterocycles. The zero-order chi connectivity index (χ0) is 58.1. The molecule has 13 N–H and O–H groups in total. The van der Waals surface area contributed by atoms with Crippen LogP contribution in [0, 0.1) is 5.92 Å². The SMILES string of the molecule is CC(=O)N(Cc1cn(CCOCCOCCOCCOCCOCCOCCOCCOCCN)nn1)C1O[C@@H](CO)[C@@H](OC2OC(CO)[C@H](O)[C@H](OC3OC(CO)[C@H](O)[C@H](O)[C@@H]3C)[C@@H]2OC2OC(C)[C@@H](O)[C@H](O)[C@H]2O)C(O)C1O. The molecule has 32 nitrogen and oxygen atoms in total. The molecular formula is C48H87N5O27. The van der Waals surface area contributed by atoms with Crippen molar-refractivity contribution in [3.63, 3.8) is 0 Å². The van der Waals surface area contributed by atoms with Gasteiger partial charge in [-0.3, -0.25) is 4.79 Å². The van der Waals surface area contributed by atoms with Gasteiger partial charge < -0.3 is 138 Å². The highest BCUT2D eigenvalue weighted by Gasteiger charge is 2.56. The van der Waals surface area contributed by atoms with E-state index in [-0.39, 0.29) is 32.0 Å². The Morgan fingerprint density at radius 3 is 1.51 bits per heavy atom. The van der Waals surface area contributed by atoms with E-state index in [0.29, 0.717) is 99.0 Å². The molecule has 80 heavy (non-hydrogen) atoms. The van der Waals surface area contributed by atoms with E-state index in [1.807, 2.05) is 0 Å². The van der Waals surface area contributed by atoms with Gasteiger partial charge in [-0.2, -0.15) is 0 Å². The Hall–Kier alpha value is -2.47. The Bertz CT molecular complexity index is 1820. The van der Waals surface area contributed by atoms with Crippen LogP contribution in [0.4, 0.5) is 0 Å². The molecule has 466 valence electrons. The molecule has 1 amide bonds. The fourth-order valence-electron chi connectivity index (χ4n) is 8.87. The van der Waals surface area contributed by atoms with Crippen LogP contribution in [0.5, 0.6) is 0 Å². The molecule has 0 spiro atoms. The quantitative estimate of drug-likeness (QED) is 0.0274. The number of ether oxygens (including phenoxy) is 15. The van der Waals surface area contributed by atoms with Crippen molar-refractivity contribution in [1.82, 2.24) is 19.9 Å². The number of nitrogens with zero attached hydrogens (tertiary/aromatic N) is 4. The standard InChI is InChI=1S/C48H87N5O27/c1-27-34(58)36(60)31(24-54)76-46(27)79-43-37(61)32(25-55)77-48(44(43)80-47-41(65)38(62)35(59)28(2)74-47)78-42-33(26-56)75-45(40(64)39(42)63)53(29(3)57)23-30-22-52(51-50-30)5-7-67-9-11-69-13-15-71-17-19-73-21-20-72-18-16-70-14-12-68-10-8-66-6-4-49/h22,27-28,31-48,54-56,58-65H,4-21,23-26,49H2,1-3H3/t27-,28?,31?,32?,33-,34+,35+,36-,37-,38-,39?,40?,41+,42+,43-,44-,45?,46?,47?,48?/m0/s1. The van der Waals surface area contributed by atoms with Crippen molar-refractivity contribution in [3.05, 3.63) is 11.9 Å². The largest absolute Gasteiger partial charge is 0.394 e. The van der Waals surface area contributed by atoms with Gasteiger partial charge in [-0.25, -0.2) is 4.68 Å². The van der Waals surface area contributed by atoms with Crippen molar-refractivity contribution in [2.75, 3.05) is 132 Å². The number of hydrogen-bond donors (Lipinski definition) is 12. The van der Waals surface area contributed by atoms with Crippen LogP contribution in [-0.2, 0) is 88.9 Å². The summed E-state index contributed by atoms with van der Waals surface area (Å²) in [5.74, 6) is -1.67. The van der Waals surface area contributed by atoms with Crippen LogP contribution in [0.2, 0.25) is 0 Å². The van der Waals surface area contributed by atoms with Gasteiger partial charge in [0.05, 0.1) is 157 Å². The van der Waals surface area contributed by atoms with Gasteiger partial charge in [0.15, 0.2) is 25.1 Å². The summed E-state index contributed by atoms with van der Waals surface area (Å²) in [6.07, 6.45) is -30.3. The number of aromatic nitrogens is 3. The summed E-state index contributed by atoms with van der Waals surface area (Å²) in [4.78, 5) is 14.2. The second-order valence-corrected chi connectivity index (χ2v) is 19.3. The van der Waals surface area contributed by atoms with Crippen molar-refractivity contribution in [2.24, 2.45) is 11.7 Å². The van der Waals surface area contributed by atoms with E-state index in [1.54, 1.807) is 0 Å². The first-order valence-corrected chi connectivity index (χ1v) is 26.9. The van der Waals surface area contributed by atoms with Gasteiger partial charge in [0, 0.05) is 19.4 Å². The third-order valence-corrected chi connectivity index (χ3v) is 13.5. The van der Waals surface area contributed by atoms with Crippen molar-refractivity contribution >= 4 is 5.91 Å². The molecule has 4 aliphatic rings. The lowest BCUT2D eigenvalue weighted by molar-refractivity contribution is -0.400. The third kappa shape index (κ3) is 20.4. The molecule has 32 heteroatoms. The number of aliphatic hydroxyl groups is 11. The smallest absolute Gasteiger partial charge is 0.221 e. The number of rotatable bonds is 38. The van der Waals surface area contributed by atoms with Gasteiger partial charge in [-0.1, -0.05) is 12.1 Å². The molecular weight excluding hydrogens is 1080 g/mol. The van der Waals surface area contributed by atoms with Crippen LogP contribution in [0.25, 0.3) is 0 Å². The summed E-state index contributed by atoms with van der Waals surface area (Å²) in [6.45, 7) is 8.47. The van der Waals surface area contributed by atoms with Crippen molar-refractivity contribution in [2.45, 2.75) is 151 Å². The minimum atomic E-state index is -1.98. The molecule has 20 atom stereocenters. The fourth-order valence-corrected chi connectivity index (χ4v) is 8.87. The first kappa shape index (κ1) is 68.3. The Balaban J connectivity index is 1.06. The highest BCUT2D eigenvalue weighted by Crippen LogP contribution is 2.37. The van der Waals surface area contributed by atoms with Crippen molar-refractivity contribution in [1.29, 1.82) is 0 Å². The molecule has 1 aromatic rings. The van der Waals surface area contributed by atoms with Gasteiger partial charge in [0.1, 0.15) is 85.0 Å². The highest BCUT2D eigenvalue weighted by atomic mass is 16.8. The molecule has 0 aliphatic carbocycles. The number of hydrogen-bond acceptors (Lipinski definition) is 30. The summed E-state index contributed by atoms with van der Waals surface area (Å²) in [5.41, 5.74) is 5.60. The molecule has 4 saturated heterocycles. The Labute approximate surface area is 463 Å². The predicted octanol–water partition coefficient (Wildman–Crippen LogP) is -7.71. The molecule has 0 radical (unpaired) electrons. The lowest BCUT2D eigenvalue weighted by Crippen LogP contribution is -2.69. The number of nitrogens with two attached hydrogens (primary N) is 1. The Kier molecular flexibility index (Phi) is 31.1. The van der Waals surface area contributed by atoms with E-state index in [2.05, 4.69) is 10.3 Å². The van der Waals surface area contributed by atoms with Gasteiger partial charge in [0.2, 0.25) is 5.91 Å². The zero-order valence-electron chi connectivity index (χ0n) is 45.5. The molecule has 9 unspecified atom stereocenters. The van der Waals surface area contributed by atoms with Crippen LogP contribution in [-0.4, -0.2) is 331 Å². The minimum absolute atomic E-state index is 0.232. The molecule has 0 bridgehead atoms. The lowest BCUT2D eigenvalue weighted by Gasteiger charge is -2.51. The van der Waals surface area contributed by atoms with Crippen LogP contribution in [0.1, 0.15) is 26.5 Å². The van der Waals surface area contributed by atoms with Crippen LogP contribution in [0.3, 0.4) is 0 Å². The molecule has 5 rings (SSSR count). The zero-order valence-corrected chi connectivity index (χ0v) is 45.5. The maximum Gasteiger partial charge on any atom is 0.221 e. The topological polar surface area (TPSA) is 438 Å². The number of carbonyl (C=O) groups is 1. The van der Waals surface area contributed by atoms with E-state index in [9.17, 15) is 61.0 Å². The fraction of sp³-hybridized carbons (Fsp3) is 0.938. The normalized spacial score (nSPS) is 34.9. The van der Waals surface area contributed by atoms with Gasteiger partial charge in [0.25, 0.3) is 0 Å². The third-order valence-electron chi connectivity index (χ3n) is 13.5. The van der Waals surface area contributed by atoms with Crippen LogP contribution < -0.4 is 5.73 Å². The average molecular weight is 1170 g/mol. The summed E-state index contributed by atoms with van der Waals surface area (Å²) in [6, 6.07) is 0. The molecule has 5 heterocycles. The second kappa shape index (κ2) is 36.4. The number of aliphatic hydroxyl groups excluding tert-OH is 11. The summed E-state index contributed by atoms with van der Waals surface area (Å²) >= 11 is 0. The minimum Gasteiger partial charge on any atom is -0.394 e. The van der Waals surface area contributed by atoms with Gasteiger partial charge in [-0.05, 0) is 6.92 Å². The van der Waals surface area contributed by atoms with Gasteiger partial charge >= 0.3 is 0 Å². The molecule has 4 aliphatic heterocycles. The second-order valence-electron chi connectivity index (χ2n) is 19.3. The number of amides is 1. The predicted molar refractivity (Wildman–Crippen MR) is 265 cm³/mol. The monoisotopic (exact) mass is 1170 g/mol. The van der Waals surface area contributed by atoms with Crippen LogP contribution >= 0.6 is 0 Å². The molecule has 0 saturated carbocycles. The number of carbonyl (C=O) groups excluding carboxylic acids is 1. The van der Waals surface area contributed by atoms with Crippen molar-refractivity contribution in [3.8, 4) is 0 Å². The molecule has 4 fully saturated rings. The van der Waals surface area contributed by atoms with E-state index in [4.69, 9.17) is 76.8 Å². The first-order valence-electron chi connectivity index (χ1n) is 26.9. The van der Waals surface area contributed by atoms with Gasteiger partial charge in [-0.15, -0.1) is 5.10 Å². The van der Waals surface area contributed by atoms with E-state index < -0.39 is 148 Å². The maximum absolute atomic E-state index is 13.1. The maximum atomic E-state index is 13.1. The first-order chi connectivity index (χ1) is 38.6. The Morgan fingerprint density at radius 1 is 0.525 bits per heavy atom. The Morgan fingerprint density at radius 2 is 1.00 bits per heavy atom. The average Bonchev–Trinajstić information content (AvgIpc) is 3.95. The van der Waals surface area contributed by atoms with Crippen LogP contribution in [0.15, 0.2) is 6.20 Å². The summed E-state index contributed by atoms with van der Waals surface area (Å²) in [7, 11) is 0. The van der Waals surface area contributed by atoms with E-state index >= 15 is 0 Å². The lowest BCUT2D eigenvalue weighted by atomic mass is 9.91. The summed E-state index contributed by atoms with van der Waals surface area (Å²) in [5, 5.41) is 127.